The van der Waals surface area contributed by atoms with E-state index in [2.05, 4.69) is 4.98 Å². The number of carbonyl (C=O) groups is 2. The first-order chi connectivity index (χ1) is 12.9. The molecule has 1 aromatic carbocycles. The van der Waals surface area contributed by atoms with Crippen molar-refractivity contribution >= 4 is 23.1 Å². The predicted octanol–water partition coefficient (Wildman–Crippen LogP) is 3.30. The van der Waals surface area contributed by atoms with Gasteiger partial charge >= 0.3 is 5.97 Å². The van der Waals surface area contributed by atoms with Crippen molar-refractivity contribution in [3.05, 3.63) is 58.4 Å². The van der Waals surface area contributed by atoms with Gasteiger partial charge in [0.2, 0.25) is 5.78 Å². The van der Waals surface area contributed by atoms with E-state index >= 15 is 0 Å². The molecule has 1 N–H and O–H groups in total. The molecule has 0 saturated heterocycles. The van der Waals surface area contributed by atoms with E-state index in [4.69, 9.17) is 9.47 Å². The van der Waals surface area contributed by atoms with Crippen LogP contribution in [0.2, 0.25) is 0 Å². The van der Waals surface area contributed by atoms with Crippen molar-refractivity contribution < 1.29 is 24.2 Å². The number of esters is 1. The molecule has 0 bridgehead atoms. The van der Waals surface area contributed by atoms with Gasteiger partial charge in [0.25, 0.3) is 0 Å². The van der Waals surface area contributed by atoms with Gasteiger partial charge in [-0.2, -0.15) is 0 Å². The molecule has 7 nitrogen and oxygen atoms in total. The number of nitrogens with zero attached hydrogens (tertiary/aromatic N) is 2. The van der Waals surface area contributed by atoms with Crippen LogP contribution in [0.25, 0.3) is 5.13 Å². The second-order valence-corrected chi connectivity index (χ2v) is 6.66. The number of ether oxygens (including phenoxy) is 2. The molecule has 0 aliphatic heterocycles. The highest BCUT2D eigenvalue weighted by molar-refractivity contribution is 7.12. The fourth-order valence-electron chi connectivity index (χ4n) is 2.80. The van der Waals surface area contributed by atoms with Crippen LogP contribution in [0, 0.1) is 13.8 Å². The topological polar surface area (TPSA) is 90.7 Å². The highest BCUT2D eigenvalue weighted by atomic mass is 32.1. The molecule has 3 rings (SSSR count). The van der Waals surface area contributed by atoms with E-state index in [0.29, 0.717) is 5.56 Å². The van der Waals surface area contributed by atoms with Crippen LogP contribution in [-0.4, -0.2) is 40.1 Å². The molecule has 140 valence electrons. The Balaban J connectivity index is 1.75. The van der Waals surface area contributed by atoms with Gasteiger partial charge in [-0.25, -0.2) is 9.78 Å². The van der Waals surface area contributed by atoms with Crippen LogP contribution in [-0.2, 0) is 4.74 Å². The van der Waals surface area contributed by atoms with E-state index < -0.39 is 12.6 Å². The summed E-state index contributed by atoms with van der Waals surface area (Å²) in [6.45, 7) is 3.26. The van der Waals surface area contributed by atoms with Gasteiger partial charge in [0.1, 0.15) is 5.56 Å². The molecule has 0 unspecified atom stereocenters. The molecule has 0 radical (unpaired) electrons. The van der Waals surface area contributed by atoms with Crippen molar-refractivity contribution in [2.75, 3.05) is 13.7 Å². The van der Waals surface area contributed by atoms with E-state index in [1.165, 1.54) is 30.6 Å². The number of thiazole rings is 1. The monoisotopic (exact) mass is 386 g/mol. The Morgan fingerprint density at radius 1 is 1.26 bits per heavy atom. The van der Waals surface area contributed by atoms with Gasteiger partial charge in [-0.05, 0) is 32.0 Å². The van der Waals surface area contributed by atoms with Crippen LogP contribution < -0.4 is 4.74 Å². The summed E-state index contributed by atoms with van der Waals surface area (Å²) in [6.07, 6.45) is 1.70. The second kappa shape index (κ2) is 7.63. The van der Waals surface area contributed by atoms with Crippen molar-refractivity contribution in [1.82, 2.24) is 9.55 Å². The Kier molecular flexibility index (Phi) is 5.27. The summed E-state index contributed by atoms with van der Waals surface area (Å²) in [5.41, 5.74) is 2.00. The first kappa shape index (κ1) is 18.7. The number of para-hydroxylation sites is 1. The standard InChI is InChI=1S/C19H18N2O5S/c1-11-9-14(12(2)21(11)19-20-7-8-27-19)15(22)10-26-18(24)13-5-4-6-16(25-3)17(13)23/h4-9,23H,10H2,1-3H3. The number of phenols is 1. The van der Waals surface area contributed by atoms with Gasteiger partial charge in [0.15, 0.2) is 23.2 Å². The van der Waals surface area contributed by atoms with Crippen LogP contribution in [0.5, 0.6) is 11.5 Å². The van der Waals surface area contributed by atoms with Crippen LogP contribution in [0.15, 0.2) is 35.8 Å². The Morgan fingerprint density at radius 2 is 2.04 bits per heavy atom. The summed E-state index contributed by atoms with van der Waals surface area (Å²) in [7, 11) is 1.38. The zero-order chi connectivity index (χ0) is 19.6. The molecule has 0 amide bonds. The zero-order valence-electron chi connectivity index (χ0n) is 15.1. The van der Waals surface area contributed by atoms with Crippen LogP contribution >= 0.6 is 11.3 Å². The lowest BCUT2D eigenvalue weighted by Gasteiger charge is -2.09. The van der Waals surface area contributed by atoms with E-state index in [1.807, 2.05) is 23.8 Å². The SMILES string of the molecule is COc1cccc(C(=O)OCC(=O)c2cc(C)n(-c3nccs3)c2C)c1O. The number of hydrogen-bond donors (Lipinski definition) is 1. The largest absolute Gasteiger partial charge is 0.504 e. The van der Waals surface area contributed by atoms with E-state index in [9.17, 15) is 14.7 Å². The lowest BCUT2D eigenvalue weighted by molar-refractivity contribution is 0.0471. The number of hydrogen-bond acceptors (Lipinski definition) is 7. The van der Waals surface area contributed by atoms with Gasteiger partial charge in [-0.15, -0.1) is 11.3 Å². The highest BCUT2D eigenvalue weighted by Crippen LogP contribution is 2.30. The summed E-state index contributed by atoms with van der Waals surface area (Å²) < 4.78 is 11.9. The van der Waals surface area contributed by atoms with Gasteiger partial charge in [-0.1, -0.05) is 6.07 Å². The lowest BCUT2D eigenvalue weighted by Crippen LogP contribution is -2.15. The highest BCUT2D eigenvalue weighted by Gasteiger charge is 2.21. The third-order valence-electron chi connectivity index (χ3n) is 4.12. The van der Waals surface area contributed by atoms with Gasteiger partial charge in [0.05, 0.1) is 7.11 Å². The zero-order valence-corrected chi connectivity index (χ0v) is 15.9. The molecule has 0 aliphatic carbocycles. The molecular formula is C19H18N2O5S. The Bertz CT molecular complexity index is 992. The van der Waals surface area contributed by atoms with Crippen molar-refractivity contribution in [2.45, 2.75) is 13.8 Å². The third-order valence-corrected chi connectivity index (χ3v) is 4.87. The number of rotatable bonds is 6. The predicted molar refractivity (Wildman–Crippen MR) is 100 cm³/mol. The number of ketones is 1. The molecule has 0 atom stereocenters. The van der Waals surface area contributed by atoms with Crippen molar-refractivity contribution in [2.24, 2.45) is 0 Å². The minimum Gasteiger partial charge on any atom is -0.504 e. The number of aromatic hydroxyl groups is 1. The number of Topliss-reactive ketones (excluding diaryl/α,β-unsaturated/α-hetero) is 1. The summed E-state index contributed by atoms with van der Waals surface area (Å²) in [4.78, 5) is 29.0. The van der Waals surface area contributed by atoms with E-state index in [1.54, 1.807) is 18.3 Å². The maximum absolute atomic E-state index is 12.5. The molecule has 0 spiro atoms. The second-order valence-electron chi connectivity index (χ2n) is 5.79. The number of aromatic nitrogens is 2. The van der Waals surface area contributed by atoms with Gasteiger partial charge < -0.3 is 14.6 Å². The molecular weight excluding hydrogens is 368 g/mol. The van der Waals surface area contributed by atoms with Crippen molar-refractivity contribution in [3.63, 3.8) is 0 Å². The Labute approximate surface area is 159 Å². The first-order valence-electron chi connectivity index (χ1n) is 8.09. The summed E-state index contributed by atoms with van der Waals surface area (Å²) >= 11 is 1.47. The number of methoxy groups -OCH3 is 1. The summed E-state index contributed by atoms with van der Waals surface area (Å²) in [6, 6.07) is 6.22. The molecule has 2 heterocycles. The third kappa shape index (κ3) is 3.56. The van der Waals surface area contributed by atoms with Gasteiger partial charge in [0, 0.05) is 28.5 Å². The first-order valence-corrected chi connectivity index (χ1v) is 8.97. The quantitative estimate of drug-likeness (QED) is 0.516. The van der Waals surface area contributed by atoms with E-state index in [0.717, 1.165) is 16.5 Å². The molecule has 2 aromatic heterocycles. The normalized spacial score (nSPS) is 10.6. The fraction of sp³-hybridized carbons (Fsp3) is 0.211. The summed E-state index contributed by atoms with van der Waals surface area (Å²) in [5.74, 6) is -1.29. The molecule has 0 aliphatic rings. The summed E-state index contributed by atoms with van der Waals surface area (Å²) in [5, 5.41) is 12.6. The van der Waals surface area contributed by atoms with Gasteiger partial charge in [-0.3, -0.25) is 9.36 Å². The van der Waals surface area contributed by atoms with Crippen molar-refractivity contribution in [3.8, 4) is 16.6 Å². The minimum absolute atomic E-state index is 0.0598. The number of phenolic OH excluding ortho intramolecular Hbond substituents is 1. The molecule has 0 saturated carbocycles. The van der Waals surface area contributed by atoms with E-state index in [-0.39, 0.29) is 22.8 Å². The number of benzene rings is 1. The average molecular weight is 386 g/mol. The Hall–Kier alpha value is -3.13. The minimum atomic E-state index is -0.798. The molecule has 27 heavy (non-hydrogen) atoms. The average Bonchev–Trinajstić information content (AvgIpc) is 3.27. The molecule has 8 heteroatoms. The fourth-order valence-corrected chi connectivity index (χ4v) is 3.56. The smallest absolute Gasteiger partial charge is 0.342 e. The molecule has 3 aromatic rings. The number of aryl methyl sites for hydroxylation is 1. The van der Waals surface area contributed by atoms with Crippen molar-refractivity contribution in [1.29, 1.82) is 0 Å². The maximum Gasteiger partial charge on any atom is 0.342 e. The Morgan fingerprint density at radius 3 is 2.70 bits per heavy atom. The van der Waals surface area contributed by atoms with Crippen LogP contribution in [0.1, 0.15) is 32.1 Å². The van der Waals surface area contributed by atoms with Crippen LogP contribution in [0.3, 0.4) is 0 Å². The lowest BCUT2D eigenvalue weighted by atomic mass is 10.1. The number of carbonyl (C=O) groups excluding carboxylic acids is 2. The van der Waals surface area contributed by atoms with Crippen LogP contribution in [0.4, 0.5) is 0 Å². The maximum atomic E-state index is 12.5. The molecule has 0 fully saturated rings.